The molecular weight excluding hydrogens is 381 g/mol. The standard InChI is InChI=1S/C24H18FN3O2/c1-2-19-15-22(28-24(27-19)21-5-3-4-14-26-21)30-20-12-8-17(9-13-20)23(29)16-6-10-18(25)11-7-16/h3-15H,2H2,1H3. The van der Waals surface area contributed by atoms with Gasteiger partial charge < -0.3 is 4.74 Å². The first-order chi connectivity index (χ1) is 14.6. The van der Waals surface area contributed by atoms with Crippen LogP contribution in [0.2, 0.25) is 0 Å². The molecule has 2 heterocycles. The third-order valence-corrected chi connectivity index (χ3v) is 4.46. The number of ether oxygens (including phenoxy) is 1. The molecule has 0 N–H and O–H groups in total. The second-order valence-electron chi connectivity index (χ2n) is 6.55. The van der Waals surface area contributed by atoms with Crippen molar-refractivity contribution < 1.29 is 13.9 Å². The van der Waals surface area contributed by atoms with E-state index in [-0.39, 0.29) is 11.6 Å². The van der Waals surface area contributed by atoms with E-state index in [0.29, 0.717) is 34.3 Å². The Hall–Kier alpha value is -3.93. The molecule has 0 atom stereocenters. The van der Waals surface area contributed by atoms with Gasteiger partial charge in [-0.1, -0.05) is 13.0 Å². The fourth-order valence-electron chi connectivity index (χ4n) is 2.88. The number of nitrogens with zero attached hydrogens (tertiary/aromatic N) is 3. The maximum Gasteiger partial charge on any atom is 0.223 e. The first-order valence-corrected chi connectivity index (χ1v) is 9.50. The molecule has 148 valence electrons. The second-order valence-corrected chi connectivity index (χ2v) is 6.55. The minimum Gasteiger partial charge on any atom is -0.439 e. The number of rotatable bonds is 6. The molecule has 4 aromatic rings. The van der Waals surface area contributed by atoms with E-state index in [1.165, 1.54) is 24.3 Å². The molecule has 0 amide bonds. The number of carbonyl (C=O) groups excluding carboxylic acids is 1. The SMILES string of the molecule is CCc1cc(Oc2ccc(C(=O)c3ccc(F)cc3)cc2)nc(-c2ccccn2)n1. The van der Waals surface area contributed by atoms with Crippen LogP contribution in [0, 0.1) is 5.82 Å². The van der Waals surface area contributed by atoms with Crippen molar-refractivity contribution in [2.24, 2.45) is 0 Å². The maximum absolute atomic E-state index is 13.1. The molecule has 0 spiro atoms. The lowest BCUT2D eigenvalue weighted by molar-refractivity contribution is 0.103. The molecule has 2 aromatic heterocycles. The van der Waals surface area contributed by atoms with Gasteiger partial charge in [-0.3, -0.25) is 9.78 Å². The molecule has 0 saturated carbocycles. The molecule has 0 aliphatic heterocycles. The van der Waals surface area contributed by atoms with Crippen LogP contribution in [0.15, 0.2) is 79.0 Å². The third-order valence-electron chi connectivity index (χ3n) is 4.46. The monoisotopic (exact) mass is 399 g/mol. The van der Waals surface area contributed by atoms with Gasteiger partial charge in [0.15, 0.2) is 11.6 Å². The van der Waals surface area contributed by atoms with Crippen molar-refractivity contribution in [3.63, 3.8) is 0 Å². The third kappa shape index (κ3) is 4.38. The molecule has 0 saturated heterocycles. The van der Waals surface area contributed by atoms with E-state index in [2.05, 4.69) is 15.0 Å². The van der Waals surface area contributed by atoms with Gasteiger partial charge in [0, 0.05) is 29.1 Å². The molecule has 2 aromatic carbocycles. The van der Waals surface area contributed by atoms with Gasteiger partial charge in [-0.2, -0.15) is 4.98 Å². The summed E-state index contributed by atoms with van der Waals surface area (Å²) in [6, 6.07) is 19.5. The molecule has 4 rings (SSSR count). The van der Waals surface area contributed by atoms with E-state index in [1.807, 2.05) is 25.1 Å². The van der Waals surface area contributed by atoms with Gasteiger partial charge in [0.2, 0.25) is 5.88 Å². The molecular formula is C24H18FN3O2. The van der Waals surface area contributed by atoms with E-state index < -0.39 is 0 Å². The van der Waals surface area contributed by atoms with E-state index in [9.17, 15) is 9.18 Å². The number of aromatic nitrogens is 3. The topological polar surface area (TPSA) is 65.0 Å². The highest BCUT2D eigenvalue weighted by Gasteiger charge is 2.11. The van der Waals surface area contributed by atoms with E-state index in [4.69, 9.17) is 4.74 Å². The summed E-state index contributed by atoms with van der Waals surface area (Å²) < 4.78 is 19.0. The van der Waals surface area contributed by atoms with Gasteiger partial charge in [-0.05, 0) is 67.1 Å². The molecule has 0 fully saturated rings. The molecule has 0 aliphatic rings. The van der Waals surface area contributed by atoms with Gasteiger partial charge in [-0.15, -0.1) is 0 Å². The van der Waals surface area contributed by atoms with Crippen molar-refractivity contribution in [1.29, 1.82) is 0 Å². The van der Waals surface area contributed by atoms with Crippen LogP contribution in [-0.4, -0.2) is 20.7 Å². The Morgan fingerprint density at radius 2 is 1.63 bits per heavy atom. The Balaban J connectivity index is 1.56. The van der Waals surface area contributed by atoms with Crippen molar-refractivity contribution >= 4 is 5.78 Å². The predicted molar refractivity (Wildman–Crippen MR) is 111 cm³/mol. The van der Waals surface area contributed by atoms with Crippen molar-refractivity contribution in [3.05, 3.63) is 102 Å². The molecule has 5 nitrogen and oxygen atoms in total. The Kier molecular flexibility index (Phi) is 5.57. The summed E-state index contributed by atoms with van der Waals surface area (Å²) >= 11 is 0. The molecule has 0 bridgehead atoms. The van der Waals surface area contributed by atoms with Crippen LogP contribution < -0.4 is 4.74 Å². The Morgan fingerprint density at radius 3 is 2.27 bits per heavy atom. The van der Waals surface area contributed by atoms with Crippen molar-refractivity contribution in [3.8, 4) is 23.1 Å². The summed E-state index contributed by atoms with van der Waals surface area (Å²) in [6.45, 7) is 2.00. The fourth-order valence-corrected chi connectivity index (χ4v) is 2.88. The van der Waals surface area contributed by atoms with E-state index in [0.717, 1.165) is 12.1 Å². The van der Waals surface area contributed by atoms with Crippen molar-refractivity contribution in [1.82, 2.24) is 15.0 Å². The van der Waals surface area contributed by atoms with E-state index >= 15 is 0 Å². The van der Waals surface area contributed by atoms with Gasteiger partial charge in [0.05, 0.1) is 0 Å². The predicted octanol–water partition coefficient (Wildman–Crippen LogP) is 5.26. The first kappa shape index (κ1) is 19.4. The summed E-state index contributed by atoms with van der Waals surface area (Å²) in [6.07, 6.45) is 2.42. The van der Waals surface area contributed by atoms with Gasteiger partial charge >= 0.3 is 0 Å². The van der Waals surface area contributed by atoms with Gasteiger partial charge in [0.25, 0.3) is 0 Å². The number of hydrogen-bond acceptors (Lipinski definition) is 5. The van der Waals surface area contributed by atoms with Crippen LogP contribution >= 0.6 is 0 Å². The molecule has 0 aliphatic carbocycles. The van der Waals surface area contributed by atoms with Crippen LogP contribution in [0.5, 0.6) is 11.6 Å². The normalized spacial score (nSPS) is 10.6. The number of carbonyl (C=O) groups is 1. The Morgan fingerprint density at radius 1 is 0.933 bits per heavy atom. The molecule has 0 unspecified atom stereocenters. The summed E-state index contributed by atoms with van der Waals surface area (Å²) in [7, 11) is 0. The largest absolute Gasteiger partial charge is 0.439 e. The zero-order valence-corrected chi connectivity index (χ0v) is 16.2. The average Bonchev–Trinajstić information content (AvgIpc) is 2.80. The second kappa shape index (κ2) is 8.61. The van der Waals surface area contributed by atoms with Gasteiger partial charge in [0.1, 0.15) is 17.3 Å². The maximum atomic E-state index is 13.1. The number of aryl methyl sites for hydroxylation is 1. The number of ketones is 1. The lowest BCUT2D eigenvalue weighted by atomic mass is 10.0. The molecule has 30 heavy (non-hydrogen) atoms. The van der Waals surface area contributed by atoms with Crippen LogP contribution in [0.25, 0.3) is 11.5 Å². The van der Waals surface area contributed by atoms with Crippen LogP contribution in [0.4, 0.5) is 4.39 Å². The highest BCUT2D eigenvalue weighted by Crippen LogP contribution is 2.24. The molecule has 6 heteroatoms. The molecule has 0 radical (unpaired) electrons. The van der Waals surface area contributed by atoms with Crippen molar-refractivity contribution in [2.45, 2.75) is 13.3 Å². The Bertz CT molecular complexity index is 1160. The highest BCUT2D eigenvalue weighted by atomic mass is 19.1. The zero-order valence-electron chi connectivity index (χ0n) is 16.2. The van der Waals surface area contributed by atoms with Crippen LogP contribution in [-0.2, 0) is 6.42 Å². The lowest BCUT2D eigenvalue weighted by Crippen LogP contribution is -2.01. The summed E-state index contributed by atoms with van der Waals surface area (Å²) in [4.78, 5) is 25.8. The summed E-state index contributed by atoms with van der Waals surface area (Å²) in [5.74, 6) is 0.873. The number of hydrogen-bond donors (Lipinski definition) is 0. The smallest absolute Gasteiger partial charge is 0.223 e. The highest BCUT2D eigenvalue weighted by molar-refractivity contribution is 6.09. The quantitative estimate of drug-likeness (QED) is 0.414. The zero-order chi connectivity index (χ0) is 20.9. The number of pyridine rings is 1. The number of halogens is 1. The van der Waals surface area contributed by atoms with Gasteiger partial charge in [-0.25, -0.2) is 9.37 Å². The average molecular weight is 399 g/mol. The first-order valence-electron chi connectivity index (χ1n) is 9.50. The Labute approximate surface area is 173 Å². The minimum atomic E-state index is -0.378. The summed E-state index contributed by atoms with van der Waals surface area (Å²) in [5.41, 5.74) is 2.41. The summed E-state index contributed by atoms with van der Waals surface area (Å²) in [5, 5.41) is 0. The van der Waals surface area contributed by atoms with Crippen molar-refractivity contribution in [2.75, 3.05) is 0 Å². The lowest BCUT2D eigenvalue weighted by Gasteiger charge is -2.09. The van der Waals surface area contributed by atoms with Crippen LogP contribution in [0.1, 0.15) is 28.5 Å². The van der Waals surface area contributed by atoms with Crippen LogP contribution in [0.3, 0.4) is 0 Å². The van der Waals surface area contributed by atoms with E-state index in [1.54, 1.807) is 36.5 Å². The fraction of sp³-hybridized carbons (Fsp3) is 0.0833. The number of benzene rings is 2. The minimum absolute atomic E-state index is 0.186.